The fourth-order valence-electron chi connectivity index (χ4n) is 2.63. The molecule has 0 radical (unpaired) electrons. The fraction of sp³-hybridized carbons (Fsp3) is 1.00. The number of hydrogen-bond acceptors (Lipinski definition) is 2. The average Bonchev–Trinajstić information content (AvgIpc) is 2.33. The maximum Gasteiger partial charge on any atom is 0.0469 e. The molecule has 0 aromatic rings. The van der Waals surface area contributed by atoms with Crippen molar-refractivity contribution < 1.29 is 4.74 Å². The molecule has 1 N–H and O–H groups in total. The van der Waals surface area contributed by atoms with Gasteiger partial charge >= 0.3 is 0 Å². The van der Waals surface area contributed by atoms with E-state index in [1.807, 2.05) is 0 Å². The zero-order valence-electron chi connectivity index (χ0n) is 11.1. The number of hydrogen-bond donors (Lipinski definition) is 1. The van der Waals surface area contributed by atoms with Crippen LogP contribution in [-0.4, -0.2) is 25.8 Å². The summed E-state index contributed by atoms with van der Waals surface area (Å²) in [7, 11) is 0. The first-order chi connectivity index (χ1) is 7.88. The second kappa shape index (κ2) is 9.00. The van der Waals surface area contributed by atoms with E-state index in [0.717, 1.165) is 31.6 Å². The molecule has 1 saturated carbocycles. The highest BCUT2D eigenvalue weighted by atomic mass is 16.5. The molecule has 2 nitrogen and oxygen atoms in total. The minimum Gasteiger partial charge on any atom is -0.381 e. The van der Waals surface area contributed by atoms with Crippen LogP contribution in [0.4, 0.5) is 0 Å². The molecule has 1 aliphatic rings. The van der Waals surface area contributed by atoms with E-state index < -0.39 is 0 Å². The van der Waals surface area contributed by atoms with E-state index >= 15 is 0 Å². The Labute approximate surface area is 101 Å². The van der Waals surface area contributed by atoms with Crippen molar-refractivity contribution in [1.29, 1.82) is 0 Å². The van der Waals surface area contributed by atoms with E-state index in [1.54, 1.807) is 0 Å². The van der Waals surface area contributed by atoms with Crippen LogP contribution in [-0.2, 0) is 4.74 Å². The topological polar surface area (TPSA) is 21.3 Å². The van der Waals surface area contributed by atoms with Gasteiger partial charge in [0, 0.05) is 19.3 Å². The third-order valence-electron chi connectivity index (χ3n) is 3.55. The molecule has 0 heterocycles. The summed E-state index contributed by atoms with van der Waals surface area (Å²) in [5.74, 6) is 0.858. The van der Waals surface area contributed by atoms with Gasteiger partial charge in [0.05, 0.1) is 0 Å². The molecule has 0 aromatic carbocycles. The van der Waals surface area contributed by atoms with Crippen molar-refractivity contribution in [3.05, 3.63) is 0 Å². The molecule has 1 fully saturated rings. The highest BCUT2D eigenvalue weighted by Gasteiger charge is 2.23. The van der Waals surface area contributed by atoms with E-state index in [9.17, 15) is 0 Å². The van der Waals surface area contributed by atoms with Crippen LogP contribution in [0.3, 0.4) is 0 Å². The lowest BCUT2D eigenvalue weighted by atomic mass is 9.82. The van der Waals surface area contributed by atoms with Gasteiger partial charge in [-0.15, -0.1) is 0 Å². The first-order valence-electron chi connectivity index (χ1n) is 7.19. The summed E-state index contributed by atoms with van der Waals surface area (Å²) in [6.45, 7) is 7.49. The molecule has 0 bridgehead atoms. The van der Waals surface area contributed by atoms with Crippen molar-refractivity contribution in [3.8, 4) is 0 Å². The summed E-state index contributed by atoms with van der Waals surface area (Å²) in [5.41, 5.74) is 0. The summed E-state index contributed by atoms with van der Waals surface area (Å²) in [5, 5.41) is 3.71. The van der Waals surface area contributed by atoms with Crippen molar-refractivity contribution in [2.75, 3.05) is 19.8 Å². The smallest absolute Gasteiger partial charge is 0.0469 e. The minimum atomic E-state index is 0.763. The van der Waals surface area contributed by atoms with Crippen molar-refractivity contribution in [3.63, 3.8) is 0 Å². The van der Waals surface area contributed by atoms with Crippen LogP contribution >= 0.6 is 0 Å². The van der Waals surface area contributed by atoms with Crippen LogP contribution in [0, 0.1) is 5.92 Å². The van der Waals surface area contributed by atoms with E-state index in [4.69, 9.17) is 4.74 Å². The Bertz CT molecular complexity index is 161. The Morgan fingerprint density at radius 2 is 1.88 bits per heavy atom. The van der Waals surface area contributed by atoms with E-state index in [1.165, 1.54) is 45.1 Å². The van der Waals surface area contributed by atoms with Gasteiger partial charge in [-0.25, -0.2) is 0 Å². The van der Waals surface area contributed by atoms with Crippen molar-refractivity contribution in [2.45, 2.75) is 64.8 Å². The molecule has 0 amide bonds. The summed E-state index contributed by atoms with van der Waals surface area (Å²) in [6, 6.07) is 0.763. The maximum atomic E-state index is 5.61. The molecule has 0 aromatic heterocycles. The standard InChI is InChI=1S/C14H29NO/c1-3-10-15-14-8-6-5-7-13(14)9-12-16-11-4-2/h13-15H,3-12H2,1-2H3. The van der Waals surface area contributed by atoms with Crippen molar-refractivity contribution >= 4 is 0 Å². The van der Waals surface area contributed by atoms with Gasteiger partial charge in [0.25, 0.3) is 0 Å². The largest absolute Gasteiger partial charge is 0.381 e. The molecule has 2 atom stereocenters. The van der Waals surface area contributed by atoms with Crippen LogP contribution in [0.2, 0.25) is 0 Å². The number of ether oxygens (including phenoxy) is 1. The Morgan fingerprint density at radius 3 is 2.62 bits per heavy atom. The van der Waals surface area contributed by atoms with Crippen molar-refractivity contribution in [2.24, 2.45) is 5.92 Å². The summed E-state index contributed by atoms with van der Waals surface area (Å²) >= 11 is 0. The Kier molecular flexibility index (Phi) is 7.87. The number of rotatable bonds is 8. The van der Waals surface area contributed by atoms with Gasteiger partial charge in [-0.2, -0.15) is 0 Å². The molecule has 1 aliphatic carbocycles. The third kappa shape index (κ3) is 5.31. The van der Waals surface area contributed by atoms with Crippen LogP contribution in [0.25, 0.3) is 0 Å². The van der Waals surface area contributed by atoms with Crippen LogP contribution in [0.15, 0.2) is 0 Å². The SMILES string of the molecule is CCCNC1CCCCC1CCOCCC. The van der Waals surface area contributed by atoms with Crippen molar-refractivity contribution in [1.82, 2.24) is 5.32 Å². The molecular formula is C14H29NO. The van der Waals surface area contributed by atoms with Gasteiger partial charge in [-0.05, 0) is 44.6 Å². The zero-order chi connectivity index (χ0) is 11.6. The third-order valence-corrected chi connectivity index (χ3v) is 3.55. The molecule has 16 heavy (non-hydrogen) atoms. The minimum absolute atomic E-state index is 0.763. The Balaban J connectivity index is 2.18. The van der Waals surface area contributed by atoms with Gasteiger partial charge < -0.3 is 10.1 Å². The second-order valence-corrected chi connectivity index (χ2v) is 5.01. The van der Waals surface area contributed by atoms with Gasteiger partial charge in [0.2, 0.25) is 0 Å². The maximum absolute atomic E-state index is 5.61. The zero-order valence-corrected chi connectivity index (χ0v) is 11.1. The molecular weight excluding hydrogens is 198 g/mol. The lowest BCUT2D eigenvalue weighted by molar-refractivity contribution is 0.106. The first kappa shape index (κ1) is 14.0. The molecule has 2 unspecified atom stereocenters. The van der Waals surface area contributed by atoms with Gasteiger partial charge in [0.1, 0.15) is 0 Å². The summed E-state index contributed by atoms with van der Waals surface area (Å²) in [6.07, 6.45) is 9.24. The highest BCUT2D eigenvalue weighted by Crippen LogP contribution is 2.27. The van der Waals surface area contributed by atoms with Gasteiger partial charge in [-0.3, -0.25) is 0 Å². The predicted octanol–water partition coefficient (Wildman–Crippen LogP) is 3.36. The van der Waals surface area contributed by atoms with E-state index in [-0.39, 0.29) is 0 Å². The fourth-order valence-corrected chi connectivity index (χ4v) is 2.63. The van der Waals surface area contributed by atoms with Gasteiger partial charge in [-0.1, -0.05) is 26.7 Å². The number of nitrogens with one attached hydrogen (secondary N) is 1. The normalized spacial score (nSPS) is 25.9. The lowest BCUT2D eigenvalue weighted by Gasteiger charge is -2.32. The van der Waals surface area contributed by atoms with E-state index in [2.05, 4.69) is 19.2 Å². The first-order valence-corrected chi connectivity index (χ1v) is 7.19. The van der Waals surface area contributed by atoms with E-state index in [0.29, 0.717) is 0 Å². The predicted molar refractivity (Wildman–Crippen MR) is 69.8 cm³/mol. The lowest BCUT2D eigenvalue weighted by Crippen LogP contribution is -2.39. The monoisotopic (exact) mass is 227 g/mol. The molecule has 2 heteroatoms. The van der Waals surface area contributed by atoms with Crippen LogP contribution in [0.5, 0.6) is 0 Å². The molecule has 96 valence electrons. The Morgan fingerprint density at radius 1 is 1.06 bits per heavy atom. The summed E-state index contributed by atoms with van der Waals surface area (Å²) in [4.78, 5) is 0. The quantitative estimate of drug-likeness (QED) is 0.642. The van der Waals surface area contributed by atoms with Crippen LogP contribution < -0.4 is 5.32 Å². The van der Waals surface area contributed by atoms with Gasteiger partial charge in [0.15, 0.2) is 0 Å². The molecule has 0 spiro atoms. The Hall–Kier alpha value is -0.0800. The second-order valence-electron chi connectivity index (χ2n) is 5.01. The average molecular weight is 227 g/mol. The highest BCUT2D eigenvalue weighted by molar-refractivity contribution is 4.80. The molecule has 0 saturated heterocycles. The molecule has 1 rings (SSSR count). The molecule has 0 aliphatic heterocycles. The summed E-state index contributed by atoms with van der Waals surface area (Å²) < 4.78 is 5.61. The van der Waals surface area contributed by atoms with Crippen LogP contribution in [0.1, 0.15) is 58.8 Å².